The van der Waals surface area contributed by atoms with Crippen molar-refractivity contribution < 1.29 is 8.42 Å². The molecule has 0 aromatic carbocycles. The van der Waals surface area contributed by atoms with Crippen LogP contribution in [-0.4, -0.2) is 31.5 Å². The summed E-state index contributed by atoms with van der Waals surface area (Å²) in [6.45, 7) is 4.74. The van der Waals surface area contributed by atoms with Gasteiger partial charge in [-0.25, -0.2) is 23.1 Å². The van der Waals surface area contributed by atoms with Crippen molar-refractivity contribution in [3.8, 4) is 0 Å². The molecule has 0 spiro atoms. The Hall–Kier alpha value is -1.51. The quantitative estimate of drug-likeness (QED) is 0.813. The average molecular weight is 326 g/mol. The molecule has 0 saturated carbocycles. The van der Waals surface area contributed by atoms with Crippen molar-refractivity contribution in [3.05, 3.63) is 34.9 Å². The van der Waals surface area contributed by atoms with Crippen LogP contribution in [0, 0.1) is 0 Å². The molecule has 0 aliphatic rings. The Morgan fingerprint density at radius 3 is 2.81 bits per heavy atom. The number of nitrogens with zero attached hydrogens (tertiary/aromatic N) is 2. The lowest BCUT2D eigenvalue weighted by Gasteiger charge is -2.13. The number of aromatic nitrogens is 2. The second-order valence-electron chi connectivity index (χ2n) is 4.50. The van der Waals surface area contributed by atoms with E-state index in [1.165, 1.54) is 11.3 Å². The highest BCUT2D eigenvalue weighted by atomic mass is 32.2. The largest absolute Gasteiger partial charge is 0.369 e. The molecule has 2 rings (SSSR count). The molecule has 0 bridgehead atoms. The molecule has 2 aromatic heterocycles. The summed E-state index contributed by atoms with van der Waals surface area (Å²) in [6, 6.07) is 3.15. The Balaban J connectivity index is 2.12. The number of hydrogen-bond acceptors (Lipinski definition) is 6. The maximum Gasteiger partial charge on any atom is 0.244 e. The Morgan fingerprint density at radius 2 is 2.14 bits per heavy atom. The van der Waals surface area contributed by atoms with Crippen LogP contribution in [0.2, 0.25) is 0 Å². The maximum atomic E-state index is 12.4. The molecule has 1 unspecified atom stereocenters. The van der Waals surface area contributed by atoms with E-state index in [1.807, 2.05) is 19.2 Å². The van der Waals surface area contributed by atoms with E-state index in [9.17, 15) is 8.42 Å². The highest BCUT2D eigenvalue weighted by Crippen LogP contribution is 2.20. The van der Waals surface area contributed by atoms with Gasteiger partial charge in [-0.2, -0.15) is 0 Å². The summed E-state index contributed by atoms with van der Waals surface area (Å²) in [5.41, 5.74) is 0. The molecule has 0 fully saturated rings. The third-order valence-corrected chi connectivity index (χ3v) is 5.32. The molecule has 0 aliphatic heterocycles. The van der Waals surface area contributed by atoms with Crippen LogP contribution in [-0.2, 0) is 10.0 Å². The van der Waals surface area contributed by atoms with E-state index in [2.05, 4.69) is 20.0 Å². The van der Waals surface area contributed by atoms with E-state index in [0.717, 1.165) is 5.01 Å². The van der Waals surface area contributed by atoms with Crippen molar-refractivity contribution in [1.82, 2.24) is 14.7 Å². The number of sulfonamides is 1. The predicted molar refractivity (Wildman–Crippen MR) is 84.1 cm³/mol. The molecule has 2 N–H and O–H groups in total. The molecule has 8 heteroatoms. The fourth-order valence-electron chi connectivity index (χ4n) is 1.79. The van der Waals surface area contributed by atoms with Crippen LogP contribution < -0.4 is 10.0 Å². The lowest BCUT2D eigenvalue weighted by atomic mass is 10.2. The minimum atomic E-state index is -3.60. The van der Waals surface area contributed by atoms with Gasteiger partial charge in [-0.05, 0) is 19.1 Å². The predicted octanol–water partition coefficient (Wildman–Crippen LogP) is 2.05. The molecule has 2 heterocycles. The molecular formula is C13H18N4O2S2. The van der Waals surface area contributed by atoms with Crippen LogP contribution in [0.5, 0.6) is 0 Å². The van der Waals surface area contributed by atoms with Crippen molar-refractivity contribution >= 4 is 27.2 Å². The van der Waals surface area contributed by atoms with Gasteiger partial charge >= 0.3 is 0 Å². The van der Waals surface area contributed by atoms with Crippen molar-refractivity contribution in [2.75, 3.05) is 18.4 Å². The fraction of sp³-hybridized carbons (Fsp3) is 0.385. The van der Waals surface area contributed by atoms with Gasteiger partial charge in [0.1, 0.15) is 10.7 Å². The van der Waals surface area contributed by atoms with Crippen molar-refractivity contribution in [2.24, 2.45) is 0 Å². The molecule has 0 amide bonds. The van der Waals surface area contributed by atoms with Crippen molar-refractivity contribution in [2.45, 2.75) is 24.7 Å². The molecule has 1 atom stereocenters. The van der Waals surface area contributed by atoms with Crippen LogP contribution in [0.15, 0.2) is 34.8 Å². The summed E-state index contributed by atoms with van der Waals surface area (Å²) in [5.74, 6) is 0.397. The lowest BCUT2D eigenvalue weighted by Crippen LogP contribution is -2.28. The standard InChI is InChI=1S/C13H18N4O2S2/c1-3-14-12-11(5-4-6-15-12)21(18,19)17-9-10(2)13-16-7-8-20-13/h4-8,10,17H,3,9H2,1-2H3,(H,14,15). The first-order valence-electron chi connectivity index (χ1n) is 6.62. The number of nitrogens with one attached hydrogen (secondary N) is 2. The number of pyridine rings is 1. The molecule has 21 heavy (non-hydrogen) atoms. The second kappa shape index (κ2) is 6.97. The second-order valence-corrected chi connectivity index (χ2v) is 7.17. The van der Waals surface area contributed by atoms with Gasteiger partial charge in [0.15, 0.2) is 0 Å². The molecule has 114 valence electrons. The zero-order chi connectivity index (χ0) is 15.3. The Labute approximate surface area is 128 Å². The van der Waals surface area contributed by atoms with Gasteiger partial charge in [-0.15, -0.1) is 11.3 Å². The van der Waals surface area contributed by atoms with Crippen LogP contribution in [0.1, 0.15) is 24.8 Å². The van der Waals surface area contributed by atoms with Crippen LogP contribution in [0.25, 0.3) is 0 Å². The van der Waals surface area contributed by atoms with Crippen LogP contribution in [0.4, 0.5) is 5.82 Å². The van der Waals surface area contributed by atoms with E-state index >= 15 is 0 Å². The highest BCUT2D eigenvalue weighted by Gasteiger charge is 2.20. The molecule has 0 radical (unpaired) electrons. The molecular weight excluding hydrogens is 308 g/mol. The topological polar surface area (TPSA) is 84.0 Å². The zero-order valence-corrected chi connectivity index (χ0v) is 13.5. The number of anilines is 1. The van der Waals surface area contributed by atoms with Gasteiger partial charge < -0.3 is 5.32 Å². The van der Waals surface area contributed by atoms with Crippen molar-refractivity contribution in [1.29, 1.82) is 0 Å². The summed E-state index contributed by atoms with van der Waals surface area (Å²) >= 11 is 1.52. The van der Waals surface area contributed by atoms with Gasteiger partial charge in [-0.1, -0.05) is 6.92 Å². The molecule has 0 aliphatic carbocycles. The van der Waals surface area contributed by atoms with Gasteiger partial charge in [0.05, 0.1) is 5.01 Å². The number of hydrogen-bond donors (Lipinski definition) is 2. The van der Waals surface area contributed by atoms with Crippen LogP contribution in [0.3, 0.4) is 0 Å². The first kappa shape index (κ1) is 15.9. The Morgan fingerprint density at radius 1 is 1.33 bits per heavy atom. The Kier molecular flexibility index (Phi) is 5.27. The minimum Gasteiger partial charge on any atom is -0.369 e. The lowest BCUT2D eigenvalue weighted by molar-refractivity contribution is 0.574. The number of rotatable bonds is 7. The maximum absolute atomic E-state index is 12.4. The molecule has 6 nitrogen and oxygen atoms in total. The summed E-state index contributed by atoms with van der Waals surface area (Å²) in [6.07, 6.45) is 3.28. The summed E-state index contributed by atoms with van der Waals surface area (Å²) in [4.78, 5) is 8.43. The SMILES string of the molecule is CCNc1ncccc1S(=O)(=O)NCC(C)c1nccs1. The summed E-state index contributed by atoms with van der Waals surface area (Å²) in [7, 11) is -3.60. The van der Waals surface area contributed by atoms with Gasteiger partial charge in [0, 0.05) is 36.8 Å². The van der Waals surface area contributed by atoms with Crippen LogP contribution >= 0.6 is 11.3 Å². The minimum absolute atomic E-state index is 0.0269. The van der Waals surface area contributed by atoms with Gasteiger partial charge in [0.25, 0.3) is 0 Å². The monoisotopic (exact) mass is 326 g/mol. The van der Waals surface area contributed by atoms with E-state index in [1.54, 1.807) is 24.5 Å². The van der Waals surface area contributed by atoms with E-state index in [-0.39, 0.29) is 10.8 Å². The first-order valence-corrected chi connectivity index (χ1v) is 8.98. The number of thiazole rings is 1. The summed E-state index contributed by atoms with van der Waals surface area (Å²) < 4.78 is 27.4. The Bertz CT molecular complexity index is 671. The summed E-state index contributed by atoms with van der Waals surface area (Å²) in [5, 5.41) is 5.75. The average Bonchev–Trinajstić information content (AvgIpc) is 3.00. The third kappa shape index (κ3) is 3.99. The van der Waals surface area contributed by atoms with E-state index in [0.29, 0.717) is 18.9 Å². The molecule has 2 aromatic rings. The smallest absolute Gasteiger partial charge is 0.244 e. The van der Waals surface area contributed by atoms with E-state index in [4.69, 9.17) is 0 Å². The zero-order valence-electron chi connectivity index (χ0n) is 11.9. The van der Waals surface area contributed by atoms with Gasteiger partial charge in [-0.3, -0.25) is 0 Å². The first-order chi connectivity index (χ1) is 10.0. The highest BCUT2D eigenvalue weighted by molar-refractivity contribution is 7.89. The van der Waals surface area contributed by atoms with Gasteiger partial charge in [0.2, 0.25) is 10.0 Å². The third-order valence-electron chi connectivity index (χ3n) is 2.86. The fourth-order valence-corrected chi connectivity index (χ4v) is 3.75. The molecule has 0 saturated heterocycles. The normalized spacial score (nSPS) is 13.0. The van der Waals surface area contributed by atoms with E-state index < -0.39 is 10.0 Å². The van der Waals surface area contributed by atoms with Crippen molar-refractivity contribution in [3.63, 3.8) is 0 Å².